The van der Waals surface area contributed by atoms with Crippen molar-refractivity contribution in [3.8, 4) is 0 Å². The van der Waals surface area contributed by atoms with E-state index in [1.807, 2.05) is 7.05 Å². The highest BCUT2D eigenvalue weighted by atomic mass is 35.5. The van der Waals surface area contributed by atoms with Crippen LogP contribution in [0.4, 0.5) is 5.69 Å². The molecule has 0 aliphatic carbocycles. The standard InChI is InChI=1S/C13H19Cl2N3O2S/c1-16-9-10-5-7-18(8-6-10)21(19,20)17-13-11(14)3-2-4-12(13)15/h2-4,10,16-17H,5-9H2,1H3. The number of para-hydroxylation sites is 1. The van der Waals surface area contributed by atoms with E-state index in [-0.39, 0.29) is 15.7 Å². The normalized spacial score (nSPS) is 17.9. The van der Waals surface area contributed by atoms with Gasteiger partial charge < -0.3 is 5.32 Å². The Labute approximate surface area is 135 Å². The van der Waals surface area contributed by atoms with Crippen molar-refractivity contribution >= 4 is 39.1 Å². The SMILES string of the molecule is CNCC1CCN(S(=O)(=O)Nc2c(Cl)cccc2Cl)CC1. The lowest BCUT2D eigenvalue weighted by Crippen LogP contribution is -2.43. The highest BCUT2D eigenvalue weighted by molar-refractivity contribution is 7.90. The minimum Gasteiger partial charge on any atom is -0.319 e. The van der Waals surface area contributed by atoms with Gasteiger partial charge in [0.15, 0.2) is 0 Å². The number of benzene rings is 1. The Morgan fingerprint density at radius 2 is 1.81 bits per heavy atom. The molecule has 1 aliphatic heterocycles. The lowest BCUT2D eigenvalue weighted by molar-refractivity contribution is 0.272. The van der Waals surface area contributed by atoms with Crippen molar-refractivity contribution in [1.82, 2.24) is 9.62 Å². The third-order valence-electron chi connectivity index (χ3n) is 3.60. The van der Waals surface area contributed by atoms with Crippen molar-refractivity contribution in [3.63, 3.8) is 0 Å². The van der Waals surface area contributed by atoms with Crippen LogP contribution in [0.2, 0.25) is 10.0 Å². The van der Waals surface area contributed by atoms with Gasteiger partial charge in [-0.1, -0.05) is 29.3 Å². The third kappa shape index (κ3) is 4.23. The van der Waals surface area contributed by atoms with Crippen LogP contribution >= 0.6 is 23.2 Å². The second kappa shape index (κ2) is 7.15. The summed E-state index contributed by atoms with van der Waals surface area (Å²) in [7, 11) is -1.72. The molecule has 0 saturated carbocycles. The molecule has 0 bridgehead atoms. The van der Waals surface area contributed by atoms with Gasteiger partial charge in [0.05, 0.1) is 15.7 Å². The van der Waals surface area contributed by atoms with Crippen molar-refractivity contribution < 1.29 is 8.42 Å². The molecule has 1 aromatic rings. The maximum Gasteiger partial charge on any atom is 0.301 e. The lowest BCUT2D eigenvalue weighted by atomic mass is 9.98. The molecule has 1 aromatic carbocycles. The van der Waals surface area contributed by atoms with Crippen LogP contribution in [0.3, 0.4) is 0 Å². The lowest BCUT2D eigenvalue weighted by Gasteiger charge is -2.31. The van der Waals surface area contributed by atoms with Gasteiger partial charge >= 0.3 is 10.2 Å². The van der Waals surface area contributed by atoms with E-state index in [0.717, 1.165) is 19.4 Å². The molecule has 1 saturated heterocycles. The highest BCUT2D eigenvalue weighted by Gasteiger charge is 2.28. The van der Waals surface area contributed by atoms with Crippen LogP contribution in [0.5, 0.6) is 0 Å². The zero-order valence-corrected chi connectivity index (χ0v) is 14.1. The Morgan fingerprint density at radius 3 is 2.33 bits per heavy atom. The van der Waals surface area contributed by atoms with Crippen molar-refractivity contribution in [2.24, 2.45) is 5.92 Å². The molecule has 0 amide bonds. The maximum atomic E-state index is 12.4. The first-order valence-corrected chi connectivity index (χ1v) is 9.00. The second-order valence-corrected chi connectivity index (χ2v) is 7.59. The minimum absolute atomic E-state index is 0.234. The van der Waals surface area contributed by atoms with E-state index in [2.05, 4.69) is 10.0 Å². The summed E-state index contributed by atoms with van der Waals surface area (Å²) in [5.41, 5.74) is 0.234. The molecule has 1 fully saturated rings. The largest absolute Gasteiger partial charge is 0.319 e. The first kappa shape index (κ1) is 16.8. The van der Waals surface area contributed by atoms with Gasteiger partial charge in [-0.05, 0) is 44.5 Å². The van der Waals surface area contributed by atoms with Gasteiger partial charge in [0.1, 0.15) is 0 Å². The summed E-state index contributed by atoms with van der Waals surface area (Å²) in [5, 5.41) is 3.70. The van der Waals surface area contributed by atoms with Crippen LogP contribution in [-0.4, -0.2) is 39.4 Å². The molecule has 2 rings (SSSR count). The van der Waals surface area contributed by atoms with E-state index >= 15 is 0 Å². The third-order valence-corrected chi connectivity index (χ3v) is 5.74. The summed E-state index contributed by atoms with van der Waals surface area (Å²) in [5.74, 6) is 0.519. The number of nitrogens with one attached hydrogen (secondary N) is 2. The van der Waals surface area contributed by atoms with Crippen LogP contribution in [0.15, 0.2) is 18.2 Å². The van der Waals surface area contributed by atoms with E-state index in [4.69, 9.17) is 23.2 Å². The van der Waals surface area contributed by atoms with Crippen LogP contribution in [0.1, 0.15) is 12.8 Å². The second-order valence-electron chi connectivity index (χ2n) is 5.10. The van der Waals surface area contributed by atoms with E-state index in [9.17, 15) is 8.42 Å². The van der Waals surface area contributed by atoms with Gasteiger partial charge in [0.25, 0.3) is 0 Å². The fourth-order valence-electron chi connectivity index (χ4n) is 2.43. The Balaban J connectivity index is 2.06. The van der Waals surface area contributed by atoms with Crippen molar-refractivity contribution in [1.29, 1.82) is 0 Å². The number of hydrogen-bond acceptors (Lipinski definition) is 3. The number of hydrogen-bond donors (Lipinski definition) is 2. The molecular formula is C13H19Cl2N3O2S. The Hall–Kier alpha value is -0.530. The number of nitrogens with zero attached hydrogens (tertiary/aromatic N) is 1. The van der Waals surface area contributed by atoms with Gasteiger partial charge in [-0.15, -0.1) is 0 Å². The zero-order chi connectivity index (χ0) is 15.5. The Morgan fingerprint density at radius 1 is 1.24 bits per heavy atom. The summed E-state index contributed by atoms with van der Waals surface area (Å²) >= 11 is 12.0. The van der Waals surface area contributed by atoms with Crippen LogP contribution in [0.25, 0.3) is 0 Å². The van der Waals surface area contributed by atoms with Gasteiger partial charge in [-0.2, -0.15) is 12.7 Å². The topological polar surface area (TPSA) is 61.4 Å². The smallest absolute Gasteiger partial charge is 0.301 e. The number of rotatable bonds is 5. The summed E-state index contributed by atoms with van der Waals surface area (Å²) < 4.78 is 28.7. The molecule has 5 nitrogen and oxygen atoms in total. The highest BCUT2D eigenvalue weighted by Crippen LogP contribution is 2.31. The molecule has 21 heavy (non-hydrogen) atoms. The molecule has 1 heterocycles. The molecule has 8 heteroatoms. The average Bonchev–Trinajstić information content (AvgIpc) is 2.44. The zero-order valence-electron chi connectivity index (χ0n) is 11.8. The predicted octanol–water partition coefficient (Wildman–Crippen LogP) is 2.58. The van der Waals surface area contributed by atoms with Crippen molar-refractivity contribution in [2.45, 2.75) is 12.8 Å². The van der Waals surface area contributed by atoms with Gasteiger partial charge in [0, 0.05) is 13.1 Å². The predicted molar refractivity (Wildman–Crippen MR) is 87.2 cm³/mol. The fraction of sp³-hybridized carbons (Fsp3) is 0.538. The molecule has 0 spiro atoms. The maximum absolute atomic E-state index is 12.4. The van der Waals surface area contributed by atoms with Crippen molar-refractivity contribution in [3.05, 3.63) is 28.2 Å². The fourth-order valence-corrected chi connectivity index (χ4v) is 4.33. The first-order valence-electron chi connectivity index (χ1n) is 6.80. The molecule has 1 aliphatic rings. The van der Waals surface area contributed by atoms with Gasteiger partial charge in [-0.25, -0.2) is 0 Å². The minimum atomic E-state index is -3.63. The molecule has 0 radical (unpaired) electrons. The Kier molecular flexibility index (Phi) is 5.73. The molecule has 118 valence electrons. The average molecular weight is 352 g/mol. The first-order chi connectivity index (χ1) is 9.94. The Bertz CT molecular complexity index is 567. The molecule has 0 atom stereocenters. The quantitative estimate of drug-likeness (QED) is 0.856. The van der Waals surface area contributed by atoms with E-state index in [0.29, 0.717) is 19.0 Å². The van der Waals surface area contributed by atoms with Crippen LogP contribution in [-0.2, 0) is 10.2 Å². The molecule has 2 N–H and O–H groups in total. The summed E-state index contributed by atoms with van der Waals surface area (Å²) in [4.78, 5) is 0. The monoisotopic (exact) mass is 351 g/mol. The van der Waals surface area contributed by atoms with E-state index in [1.165, 1.54) is 4.31 Å². The number of piperidine rings is 1. The molecule has 0 aromatic heterocycles. The molecule has 0 unspecified atom stereocenters. The summed E-state index contributed by atoms with van der Waals surface area (Å²) in [6.07, 6.45) is 1.69. The van der Waals surface area contributed by atoms with E-state index < -0.39 is 10.2 Å². The van der Waals surface area contributed by atoms with Gasteiger partial charge in [-0.3, -0.25) is 4.72 Å². The van der Waals surface area contributed by atoms with E-state index in [1.54, 1.807) is 18.2 Å². The number of halogens is 2. The van der Waals surface area contributed by atoms with Crippen molar-refractivity contribution in [2.75, 3.05) is 31.4 Å². The summed E-state index contributed by atoms with van der Waals surface area (Å²) in [6, 6.07) is 4.88. The summed E-state index contributed by atoms with van der Waals surface area (Å²) in [6.45, 7) is 1.92. The van der Waals surface area contributed by atoms with Crippen LogP contribution < -0.4 is 10.0 Å². The van der Waals surface area contributed by atoms with Gasteiger partial charge in [0.2, 0.25) is 0 Å². The number of anilines is 1. The molecular weight excluding hydrogens is 333 g/mol. The van der Waals surface area contributed by atoms with Crippen LogP contribution in [0, 0.1) is 5.92 Å².